The van der Waals surface area contributed by atoms with Crippen molar-refractivity contribution in [3.05, 3.63) is 86.0 Å². The van der Waals surface area contributed by atoms with E-state index in [4.69, 9.17) is 9.15 Å². The van der Waals surface area contributed by atoms with Crippen LogP contribution in [0.1, 0.15) is 17.0 Å². The molecule has 5 rings (SSSR count). The lowest BCUT2D eigenvalue weighted by Gasteiger charge is -2.29. The van der Waals surface area contributed by atoms with Gasteiger partial charge in [0.05, 0.1) is 16.9 Å². The molecule has 2 atom stereocenters. The van der Waals surface area contributed by atoms with Gasteiger partial charge >= 0.3 is 5.63 Å². The van der Waals surface area contributed by atoms with E-state index in [1.54, 1.807) is 12.4 Å². The van der Waals surface area contributed by atoms with Gasteiger partial charge in [0.1, 0.15) is 11.2 Å². The monoisotopic (exact) mass is 425 g/mol. The third-order valence-electron chi connectivity index (χ3n) is 4.93. The van der Waals surface area contributed by atoms with Crippen LogP contribution >= 0.6 is 15.9 Å². The summed E-state index contributed by atoms with van der Waals surface area (Å²) in [5, 5.41) is 3.89. The first-order valence-electron chi connectivity index (χ1n) is 8.54. The minimum absolute atomic E-state index is 0.242. The normalized spacial score (nSPS) is 20.7. The first-order valence-corrected chi connectivity index (χ1v) is 9.33. The quantitative estimate of drug-likeness (QED) is 0.497. The zero-order chi connectivity index (χ0) is 18.5. The third-order valence-corrected chi connectivity index (χ3v) is 5.46. The Labute approximate surface area is 162 Å². The number of quaternary nitrogens is 1. The molecule has 0 spiro atoms. The molecule has 7 heteroatoms. The molecule has 0 bridgehead atoms. The fourth-order valence-corrected chi connectivity index (χ4v) is 3.98. The maximum atomic E-state index is 13.0. The summed E-state index contributed by atoms with van der Waals surface area (Å²) in [5.41, 5.74) is 6.62. The van der Waals surface area contributed by atoms with Crippen LogP contribution in [0.4, 0.5) is 0 Å². The van der Waals surface area contributed by atoms with Gasteiger partial charge in [0.25, 0.3) is 12.0 Å². The van der Waals surface area contributed by atoms with Crippen LogP contribution in [-0.4, -0.2) is 12.5 Å². The van der Waals surface area contributed by atoms with E-state index in [0.717, 1.165) is 21.0 Å². The van der Waals surface area contributed by atoms with Crippen molar-refractivity contribution in [2.24, 2.45) is 0 Å². The Kier molecular flexibility index (Phi) is 3.66. The van der Waals surface area contributed by atoms with E-state index in [1.807, 2.05) is 42.5 Å². The molecule has 0 fully saturated rings. The zero-order valence-electron chi connectivity index (χ0n) is 14.2. The number of hydrogen-bond donors (Lipinski definition) is 3. The van der Waals surface area contributed by atoms with Crippen molar-refractivity contribution in [2.75, 3.05) is 0 Å². The van der Waals surface area contributed by atoms with E-state index >= 15 is 0 Å². The predicted octanol–water partition coefficient (Wildman–Crippen LogP) is 0.572. The highest BCUT2D eigenvalue weighted by Gasteiger charge is 2.43. The van der Waals surface area contributed by atoms with Crippen molar-refractivity contribution in [1.82, 2.24) is 5.32 Å². The average molecular weight is 426 g/mol. The molecule has 134 valence electrons. The van der Waals surface area contributed by atoms with Crippen LogP contribution < -0.4 is 26.4 Å². The molecular weight excluding hydrogens is 410 g/mol. The maximum Gasteiger partial charge on any atom is 0.344 e. The second-order valence-electron chi connectivity index (χ2n) is 6.51. The van der Waals surface area contributed by atoms with Crippen LogP contribution in [-0.2, 0) is 0 Å². The van der Waals surface area contributed by atoms with Gasteiger partial charge < -0.3 is 14.9 Å². The average Bonchev–Trinajstić information content (AvgIpc) is 2.68. The van der Waals surface area contributed by atoms with Crippen molar-refractivity contribution in [3.63, 3.8) is 0 Å². The number of fused-ring (bicyclic) bond motifs is 3. The third kappa shape index (κ3) is 2.50. The molecule has 5 N–H and O–H groups in total. The van der Waals surface area contributed by atoms with Gasteiger partial charge in [-0.15, -0.1) is 0 Å². The van der Waals surface area contributed by atoms with Crippen LogP contribution in [0.15, 0.2) is 73.7 Å². The van der Waals surface area contributed by atoms with Gasteiger partial charge in [-0.2, -0.15) is 0 Å². The Balaban J connectivity index is 1.84. The Morgan fingerprint density at radius 1 is 1.11 bits per heavy atom. The van der Waals surface area contributed by atoms with Gasteiger partial charge in [-0.25, -0.2) is 15.1 Å². The standard InChI is InChI=1S/C20H14BrN3O3/c21-11-7-5-10(6-8-11)14-15-17(27-19-16(14)18(22)23-9-24-19)12-3-1-2-4-13(12)26-20(15)25/h1-9,14,18H,22H2,(H,23,24)/p+2/t14-,18+/m0/s1. The van der Waals surface area contributed by atoms with Gasteiger partial charge in [0.2, 0.25) is 6.34 Å². The molecule has 2 aliphatic heterocycles. The molecule has 0 saturated carbocycles. The summed E-state index contributed by atoms with van der Waals surface area (Å²) in [4.78, 5) is 16.1. The number of rotatable bonds is 1. The van der Waals surface area contributed by atoms with Gasteiger partial charge in [0, 0.05) is 4.47 Å². The van der Waals surface area contributed by atoms with Gasteiger partial charge in [-0.05, 0) is 29.8 Å². The van der Waals surface area contributed by atoms with Crippen molar-refractivity contribution in [2.45, 2.75) is 12.1 Å². The first-order chi connectivity index (χ1) is 13.1. The van der Waals surface area contributed by atoms with Crippen LogP contribution in [0.3, 0.4) is 0 Å². The first kappa shape index (κ1) is 16.3. The highest BCUT2D eigenvalue weighted by atomic mass is 79.9. The molecule has 2 aliphatic rings. The Morgan fingerprint density at radius 2 is 1.89 bits per heavy atom. The van der Waals surface area contributed by atoms with Crippen LogP contribution in [0, 0.1) is 0 Å². The van der Waals surface area contributed by atoms with Crippen LogP contribution in [0.25, 0.3) is 11.0 Å². The number of halogens is 1. The van der Waals surface area contributed by atoms with E-state index in [9.17, 15) is 4.79 Å². The van der Waals surface area contributed by atoms with E-state index in [0.29, 0.717) is 22.8 Å². The fraction of sp³-hybridized carbons (Fsp3) is 0.100. The lowest BCUT2D eigenvalue weighted by molar-refractivity contribution is -0.687. The smallest absolute Gasteiger partial charge is 0.344 e. The molecule has 0 saturated heterocycles. The number of hydrogen-bond acceptors (Lipinski definition) is 4. The summed E-state index contributed by atoms with van der Waals surface area (Å²) in [6.07, 6.45) is 1.46. The predicted molar refractivity (Wildman–Crippen MR) is 103 cm³/mol. The van der Waals surface area contributed by atoms with Gasteiger partial charge in [-0.1, -0.05) is 40.2 Å². The number of para-hydroxylation sites is 1. The Morgan fingerprint density at radius 3 is 2.70 bits per heavy atom. The number of ether oxygens (including phenoxy) is 1. The summed E-state index contributed by atoms with van der Waals surface area (Å²) in [6.45, 7) is 0. The minimum Gasteiger partial charge on any atom is -0.422 e. The molecule has 3 aromatic rings. The second kappa shape index (κ2) is 6.07. The minimum atomic E-state index is -0.398. The number of nitrogens with one attached hydrogen (secondary N) is 2. The summed E-state index contributed by atoms with van der Waals surface area (Å²) < 4.78 is 12.7. The molecule has 27 heavy (non-hydrogen) atoms. The molecular formula is C20H16BrN3O3+2. The van der Waals surface area contributed by atoms with Crippen molar-refractivity contribution in [3.8, 4) is 5.75 Å². The summed E-state index contributed by atoms with van der Waals surface area (Å²) in [5.74, 6) is 0.808. The van der Waals surface area contributed by atoms with E-state index in [1.165, 1.54) is 0 Å². The molecule has 1 aromatic heterocycles. The van der Waals surface area contributed by atoms with Crippen molar-refractivity contribution < 1.29 is 19.9 Å². The fourth-order valence-electron chi connectivity index (χ4n) is 3.71. The molecule has 0 aliphatic carbocycles. The van der Waals surface area contributed by atoms with Gasteiger partial charge in [-0.3, -0.25) is 0 Å². The summed E-state index contributed by atoms with van der Waals surface area (Å²) >= 11 is 3.47. The SMILES string of the molecule is [NH3+][C@@H]1[NH+]=CNC2=C1[C@@H](c1ccc(Br)cc1)c1c(c3ccccc3oc1=O)O2. The van der Waals surface area contributed by atoms with Crippen molar-refractivity contribution in [1.29, 1.82) is 0 Å². The maximum absolute atomic E-state index is 13.0. The molecule has 3 heterocycles. The van der Waals surface area contributed by atoms with Gasteiger partial charge in [0.15, 0.2) is 5.75 Å². The lowest BCUT2D eigenvalue weighted by atomic mass is 9.82. The van der Waals surface area contributed by atoms with Crippen LogP contribution in [0.5, 0.6) is 5.75 Å². The van der Waals surface area contributed by atoms with E-state index in [-0.39, 0.29) is 12.1 Å². The molecule has 0 unspecified atom stereocenters. The topological polar surface area (TPSA) is 93.1 Å². The molecule has 0 amide bonds. The largest absolute Gasteiger partial charge is 0.422 e. The Bertz CT molecular complexity index is 1180. The molecule has 6 nitrogen and oxygen atoms in total. The lowest BCUT2D eigenvalue weighted by Crippen LogP contribution is -2.96. The second-order valence-corrected chi connectivity index (χ2v) is 7.42. The zero-order valence-corrected chi connectivity index (χ0v) is 15.7. The molecule has 2 aromatic carbocycles. The Hall–Kier alpha value is -2.90. The summed E-state index contributed by atoms with van der Waals surface area (Å²) in [7, 11) is 0. The van der Waals surface area contributed by atoms with E-state index < -0.39 is 5.63 Å². The van der Waals surface area contributed by atoms with E-state index in [2.05, 4.69) is 32.0 Å². The highest BCUT2D eigenvalue weighted by molar-refractivity contribution is 9.10. The number of benzene rings is 2. The van der Waals surface area contributed by atoms with Crippen molar-refractivity contribution >= 4 is 33.2 Å². The molecule has 0 radical (unpaired) electrons. The highest BCUT2D eigenvalue weighted by Crippen LogP contribution is 2.44. The summed E-state index contributed by atoms with van der Waals surface area (Å²) in [6, 6.07) is 15.3. The van der Waals surface area contributed by atoms with Crippen LogP contribution in [0.2, 0.25) is 0 Å².